The van der Waals surface area contributed by atoms with Crippen molar-refractivity contribution in [2.75, 3.05) is 20.1 Å². The summed E-state index contributed by atoms with van der Waals surface area (Å²) in [7, 11) is 1.79. The molecule has 210 valence electrons. The number of carbonyl (C=O) groups is 1. The molecule has 0 aromatic carbocycles. The first kappa shape index (κ1) is 28.7. The van der Waals surface area contributed by atoms with Crippen molar-refractivity contribution in [2.45, 2.75) is 83.0 Å². The van der Waals surface area contributed by atoms with Gasteiger partial charge in [-0.05, 0) is 75.6 Å². The summed E-state index contributed by atoms with van der Waals surface area (Å²) >= 11 is 0. The van der Waals surface area contributed by atoms with E-state index in [2.05, 4.69) is 23.1 Å². The van der Waals surface area contributed by atoms with Gasteiger partial charge in [0.05, 0.1) is 17.3 Å². The average molecular weight is 545 g/mol. The van der Waals surface area contributed by atoms with Crippen LogP contribution in [-0.2, 0) is 23.8 Å². The zero-order chi connectivity index (χ0) is 28.2. The number of aromatic amines is 1. The van der Waals surface area contributed by atoms with Crippen LogP contribution in [0.5, 0.6) is 0 Å². The van der Waals surface area contributed by atoms with E-state index in [9.17, 15) is 22.8 Å². The Morgan fingerprint density at radius 2 is 2.08 bits per heavy atom. The first-order valence-corrected chi connectivity index (χ1v) is 13.7. The lowest BCUT2D eigenvalue weighted by Crippen LogP contribution is -2.39. The minimum absolute atomic E-state index is 0.0315. The van der Waals surface area contributed by atoms with E-state index in [0.29, 0.717) is 24.4 Å². The van der Waals surface area contributed by atoms with E-state index in [-0.39, 0.29) is 42.1 Å². The van der Waals surface area contributed by atoms with Gasteiger partial charge in [0.2, 0.25) is 5.91 Å². The van der Waals surface area contributed by atoms with Crippen molar-refractivity contribution in [1.82, 2.24) is 25.0 Å². The number of carbonyl (C=O) groups excluding carboxylic acids is 1. The van der Waals surface area contributed by atoms with Crippen LogP contribution < -0.4 is 5.56 Å². The molecule has 0 radical (unpaired) electrons. The molecule has 3 heterocycles. The smallest absolute Gasteiger partial charge is 0.339 e. The van der Waals surface area contributed by atoms with Crippen LogP contribution in [0.3, 0.4) is 0 Å². The predicted octanol–water partition coefficient (Wildman–Crippen LogP) is 4.40. The maximum atomic E-state index is 13.5. The van der Waals surface area contributed by atoms with E-state index in [4.69, 9.17) is 5.26 Å². The number of nitrogens with one attached hydrogen (secondary N) is 1. The number of halogens is 3. The van der Waals surface area contributed by atoms with Gasteiger partial charge in [0.25, 0.3) is 5.56 Å². The van der Waals surface area contributed by atoms with Crippen molar-refractivity contribution >= 4 is 5.91 Å². The molecule has 3 unspecified atom stereocenters. The van der Waals surface area contributed by atoms with E-state index < -0.39 is 17.3 Å². The third-order valence-electron chi connectivity index (χ3n) is 8.14. The summed E-state index contributed by atoms with van der Waals surface area (Å²) in [6.07, 6.45) is 3.37. The van der Waals surface area contributed by atoms with Gasteiger partial charge in [-0.15, -0.1) is 0 Å². The number of alkyl halides is 3. The Bertz CT molecular complexity index is 1250. The fraction of sp³-hybridized carbons (Fsp3) is 0.607. The first-order valence-electron chi connectivity index (χ1n) is 13.7. The normalized spacial score (nSPS) is 20.8. The minimum Gasteiger partial charge on any atom is -0.339 e. The summed E-state index contributed by atoms with van der Waals surface area (Å²) in [4.78, 5) is 33.3. The standard InChI is InChI=1S/C28H35F3N6O2/c1-3-5-22-19(6-4-7-20-9-8-18(16-32)17-33-20)12-15-37(22)24(38)13-14-36(2)23-11-10-21-25(28(29,30)31)27(39)35-34-26(21)23/h8-9,17,19,22-23H,3-7,10-15H2,1-2H3,(H,35,39). The lowest BCUT2D eigenvalue weighted by atomic mass is 9.91. The number of fused-ring (bicyclic) bond motifs is 1. The van der Waals surface area contributed by atoms with Gasteiger partial charge in [0.15, 0.2) is 0 Å². The quantitative estimate of drug-likeness (QED) is 0.475. The maximum Gasteiger partial charge on any atom is 0.422 e. The summed E-state index contributed by atoms with van der Waals surface area (Å²) < 4.78 is 40.4. The second kappa shape index (κ2) is 12.3. The number of H-pyrrole nitrogens is 1. The van der Waals surface area contributed by atoms with Crippen LogP contribution in [0.25, 0.3) is 0 Å². The Morgan fingerprint density at radius 1 is 1.28 bits per heavy atom. The molecule has 3 atom stereocenters. The molecule has 2 aliphatic rings. The van der Waals surface area contributed by atoms with Crippen molar-refractivity contribution in [3.05, 3.63) is 56.8 Å². The van der Waals surface area contributed by atoms with Crippen molar-refractivity contribution in [1.29, 1.82) is 5.26 Å². The number of aromatic nitrogens is 3. The van der Waals surface area contributed by atoms with Gasteiger partial charge < -0.3 is 4.90 Å². The van der Waals surface area contributed by atoms with Gasteiger partial charge in [-0.3, -0.25) is 19.5 Å². The zero-order valence-corrected chi connectivity index (χ0v) is 22.4. The Morgan fingerprint density at radius 3 is 2.74 bits per heavy atom. The molecular formula is C28H35F3N6O2. The number of amides is 1. The summed E-state index contributed by atoms with van der Waals surface area (Å²) in [5, 5.41) is 14.9. The van der Waals surface area contributed by atoms with E-state index in [0.717, 1.165) is 50.8 Å². The molecule has 0 spiro atoms. The minimum atomic E-state index is -4.73. The molecule has 39 heavy (non-hydrogen) atoms. The molecule has 11 heteroatoms. The highest BCUT2D eigenvalue weighted by molar-refractivity contribution is 5.77. The van der Waals surface area contributed by atoms with E-state index in [1.165, 1.54) is 0 Å². The van der Waals surface area contributed by atoms with Crippen LogP contribution >= 0.6 is 0 Å². The van der Waals surface area contributed by atoms with Crippen molar-refractivity contribution < 1.29 is 18.0 Å². The summed E-state index contributed by atoms with van der Waals surface area (Å²) in [5.74, 6) is 0.494. The fourth-order valence-electron chi connectivity index (χ4n) is 6.18. The number of pyridine rings is 1. The predicted molar refractivity (Wildman–Crippen MR) is 139 cm³/mol. The van der Waals surface area contributed by atoms with Gasteiger partial charge in [0, 0.05) is 37.4 Å². The summed E-state index contributed by atoms with van der Waals surface area (Å²) in [5.41, 5.74) is -0.635. The highest BCUT2D eigenvalue weighted by Gasteiger charge is 2.42. The molecule has 0 saturated carbocycles. The Hall–Kier alpha value is -3.26. The topological polar surface area (TPSA) is 106 Å². The van der Waals surface area contributed by atoms with Gasteiger partial charge in [-0.2, -0.15) is 23.5 Å². The number of nitrogens with zero attached hydrogens (tertiary/aromatic N) is 5. The van der Waals surface area contributed by atoms with Crippen LogP contribution in [0, 0.1) is 17.2 Å². The number of aryl methyl sites for hydroxylation is 1. The molecular weight excluding hydrogens is 509 g/mol. The van der Waals surface area contributed by atoms with E-state index >= 15 is 0 Å². The monoisotopic (exact) mass is 544 g/mol. The summed E-state index contributed by atoms with van der Waals surface area (Å²) in [6.45, 7) is 3.24. The zero-order valence-electron chi connectivity index (χ0n) is 22.4. The van der Waals surface area contributed by atoms with Crippen LogP contribution in [0.2, 0.25) is 0 Å². The van der Waals surface area contributed by atoms with Crippen LogP contribution in [-0.4, -0.2) is 57.1 Å². The Balaban J connectivity index is 1.32. The van der Waals surface area contributed by atoms with E-state index in [1.54, 1.807) is 19.3 Å². The van der Waals surface area contributed by atoms with Gasteiger partial charge >= 0.3 is 6.18 Å². The maximum absolute atomic E-state index is 13.5. The molecule has 8 nitrogen and oxygen atoms in total. The third kappa shape index (κ3) is 6.49. The largest absolute Gasteiger partial charge is 0.422 e. The lowest BCUT2D eigenvalue weighted by molar-refractivity contribution is -0.139. The van der Waals surface area contributed by atoms with E-state index in [1.807, 2.05) is 21.0 Å². The average Bonchev–Trinajstić information content (AvgIpc) is 3.51. The number of rotatable bonds is 10. The number of nitriles is 1. The molecule has 1 aliphatic heterocycles. The molecule has 4 rings (SSSR count). The van der Waals surface area contributed by atoms with Crippen LogP contribution in [0.1, 0.15) is 86.0 Å². The Kier molecular flexibility index (Phi) is 9.05. The Labute approximate surface area is 226 Å². The second-order valence-electron chi connectivity index (χ2n) is 10.6. The second-order valence-corrected chi connectivity index (χ2v) is 10.6. The summed E-state index contributed by atoms with van der Waals surface area (Å²) in [6, 6.07) is 5.57. The fourth-order valence-corrected chi connectivity index (χ4v) is 6.18. The molecule has 1 fully saturated rings. The number of hydrogen-bond donors (Lipinski definition) is 1. The number of hydrogen-bond acceptors (Lipinski definition) is 6. The first-order chi connectivity index (χ1) is 18.6. The van der Waals surface area contributed by atoms with Gasteiger partial charge in [-0.25, -0.2) is 5.10 Å². The van der Waals surface area contributed by atoms with Crippen LogP contribution in [0.15, 0.2) is 23.1 Å². The third-order valence-corrected chi connectivity index (χ3v) is 8.14. The van der Waals surface area contributed by atoms with Gasteiger partial charge in [0.1, 0.15) is 11.6 Å². The molecule has 1 N–H and O–H groups in total. The van der Waals surface area contributed by atoms with Crippen molar-refractivity contribution in [3.63, 3.8) is 0 Å². The molecule has 1 amide bonds. The molecule has 0 bridgehead atoms. The molecule has 1 saturated heterocycles. The van der Waals surface area contributed by atoms with Crippen molar-refractivity contribution in [3.8, 4) is 6.07 Å². The highest BCUT2D eigenvalue weighted by Crippen LogP contribution is 2.39. The molecule has 1 aliphatic carbocycles. The lowest BCUT2D eigenvalue weighted by Gasteiger charge is -2.30. The molecule has 2 aromatic heterocycles. The molecule has 2 aromatic rings. The number of likely N-dealkylation sites (tertiary alicyclic amines) is 1. The van der Waals surface area contributed by atoms with Crippen LogP contribution in [0.4, 0.5) is 13.2 Å². The van der Waals surface area contributed by atoms with Crippen molar-refractivity contribution in [2.24, 2.45) is 5.92 Å². The van der Waals surface area contributed by atoms with Gasteiger partial charge in [-0.1, -0.05) is 13.3 Å². The SMILES string of the molecule is CCCC1C(CCCc2ccc(C#N)cn2)CCN1C(=O)CCN(C)C1CCc2c1n[nH]c(=O)c2C(F)(F)F. The highest BCUT2D eigenvalue weighted by atomic mass is 19.4.